The number of anilines is 1. The molecule has 10 nitrogen and oxygen atoms in total. The van der Waals surface area contributed by atoms with E-state index in [2.05, 4.69) is 5.32 Å². The maximum atomic E-state index is 13.0. The summed E-state index contributed by atoms with van der Waals surface area (Å²) in [7, 11) is 1.31. The molecule has 4 rings (SSSR count). The molecule has 0 aliphatic carbocycles. The largest absolute Gasteiger partial charge is 0.494 e. The highest BCUT2D eigenvalue weighted by atomic mass is 35.5. The number of halogens is 1. The molecule has 0 radical (unpaired) electrons. The number of nitro groups is 1. The highest BCUT2D eigenvalue weighted by Gasteiger charge is 2.18. The van der Waals surface area contributed by atoms with Crippen LogP contribution in [0.25, 0.3) is 11.0 Å². The van der Waals surface area contributed by atoms with Gasteiger partial charge in [-0.25, -0.2) is 0 Å². The molecule has 1 amide bonds. The minimum absolute atomic E-state index is 0.0751. The van der Waals surface area contributed by atoms with Crippen LogP contribution >= 0.6 is 11.6 Å². The Bertz CT molecular complexity index is 1560. The normalized spacial score (nSPS) is 10.8. The molecule has 0 aliphatic heterocycles. The van der Waals surface area contributed by atoms with Crippen LogP contribution in [0.1, 0.15) is 5.56 Å². The van der Waals surface area contributed by atoms with Gasteiger partial charge >= 0.3 is 11.1 Å². The van der Waals surface area contributed by atoms with Crippen LogP contribution in [0.3, 0.4) is 0 Å². The predicted molar refractivity (Wildman–Crippen MR) is 131 cm³/mol. The molecule has 3 aromatic carbocycles. The fourth-order valence-corrected chi connectivity index (χ4v) is 3.87. The second-order valence-corrected chi connectivity index (χ2v) is 8.03. The van der Waals surface area contributed by atoms with Gasteiger partial charge in [-0.3, -0.25) is 33.6 Å². The molecule has 0 aliphatic rings. The lowest BCUT2D eigenvalue weighted by Gasteiger charge is -2.16. The molecule has 4 aromatic rings. The van der Waals surface area contributed by atoms with Gasteiger partial charge in [-0.2, -0.15) is 0 Å². The van der Waals surface area contributed by atoms with Crippen molar-refractivity contribution in [2.45, 2.75) is 13.1 Å². The summed E-state index contributed by atoms with van der Waals surface area (Å²) >= 11 is 6.17. The first kappa shape index (κ1) is 23.7. The van der Waals surface area contributed by atoms with Gasteiger partial charge in [0.05, 0.1) is 41.4 Å². The number of ether oxygens (including phenoxy) is 1. The summed E-state index contributed by atoms with van der Waals surface area (Å²) in [6.45, 7) is -0.322. The van der Waals surface area contributed by atoms with Gasteiger partial charge in [0.25, 0.3) is 5.69 Å². The number of carbonyl (C=O) groups is 1. The smallest absolute Gasteiger partial charge is 0.317 e. The molecule has 1 N–H and O–H groups in total. The Labute approximate surface area is 203 Å². The number of non-ortho nitro benzene ring substituents is 1. The zero-order chi connectivity index (χ0) is 25.1. The van der Waals surface area contributed by atoms with Crippen molar-refractivity contribution < 1.29 is 14.5 Å². The minimum Gasteiger partial charge on any atom is -0.494 e. The lowest BCUT2D eigenvalue weighted by molar-refractivity contribution is -0.384. The van der Waals surface area contributed by atoms with E-state index in [0.717, 1.165) is 10.1 Å². The highest BCUT2D eigenvalue weighted by molar-refractivity contribution is 6.31. The first-order chi connectivity index (χ1) is 16.8. The summed E-state index contributed by atoms with van der Waals surface area (Å²) in [6.07, 6.45) is 0. The number of hydrogen-bond acceptors (Lipinski definition) is 6. The van der Waals surface area contributed by atoms with Crippen LogP contribution in [-0.4, -0.2) is 27.1 Å². The third-order valence-electron chi connectivity index (χ3n) is 5.35. The number of nitrogens with zero attached hydrogens (tertiary/aromatic N) is 3. The van der Waals surface area contributed by atoms with Crippen molar-refractivity contribution in [2.24, 2.45) is 0 Å². The number of hydrogen-bond donors (Lipinski definition) is 1. The van der Waals surface area contributed by atoms with E-state index in [9.17, 15) is 24.5 Å². The maximum absolute atomic E-state index is 13.0. The van der Waals surface area contributed by atoms with E-state index >= 15 is 0 Å². The first-order valence-corrected chi connectivity index (χ1v) is 10.8. The van der Waals surface area contributed by atoms with E-state index in [1.807, 2.05) is 30.3 Å². The van der Waals surface area contributed by atoms with E-state index in [4.69, 9.17) is 16.3 Å². The molecular formula is C24H19ClN4O6. The molecule has 0 atom stereocenters. The van der Waals surface area contributed by atoms with Crippen LogP contribution < -0.4 is 21.2 Å². The zero-order valence-corrected chi connectivity index (χ0v) is 19.2. The zero-order valence-electron chi connectivity index (χ0n) is 18.4. The van der Waals surface area contributed by atoms with E-state index in [1.54, 1.807) is 12.1 Å². The summed E-state index contributed by atoms with van der Waals surface area (Å²) in [5.74, 6) is -0.563. The Kier molecular flexibility index (Phi) is 6.65. The number of carbonyl (C=O) groups excluding carboxylic acids is 1. The molecule has 11 heteroatoms. The van der Waals surface area contributed by atoms with Crippen molar-refractivity contribution in [3.8, 4) is 5.75 Å². The van der Waals surface area contributed by atoms with E-state index < -0.39 is 28.5 Å². The van der Waals surface area contributed by atoms with Crippen molar-refractivity contribution in [3.05, 3.63) is 108 Å². The van der Waals surface area contributed by atoms with Gasteiger partial charge < -0.3 is 10.1 Å². The van der Waals surface area contributed by atoms with Crippen molar-refractivity contribution in [2.75, 3.05) is 12.4 Å². The lowest BCUT2D eigenvalue weighted by Crippen LogP contribution is -2.43. The molecular weight excluding hydrogens is 476 g/mol. The lowest BCUT2D eigenvalue weighted by atomic mass is 10.2. The number of fused-ring (bicyclic) bond motifs is 1. The Hall–Kier alpha value is -4.44. The van der Waals surface area contributed by atoms with E-state index in [1.165, 1.54) is 35.9 Å². The van der Waals surface area contributed by atoms with Crippen molar-refractivity contribution in [3.63, 3.8) is 0 Å². The third-order valence-corrected chi connectivity index (χ3v) is 5.58. The van der Waals surface area contributed by atoms with Crippen LogP contribution in [0.2, 0.25) is 5.02 Å². The molecule has 0 bridgehead atoms. The second kappa shape index (κ2) is 9.82. The van der Waals surface area contributed by atoms with Gasteiger partial charge in [-0.15, -0.1) is 0 Å². The molecule has 0 fully saturated rings. The van der Waals surface area contributed by atoms with Gasteiger partial charge in [-0.1, -0.05) is 41.9 Å². The van der Waals surface area contributed by atoms with Gasteiger partial charge in [0.15, 0.2) is 0 Å². The van der Waals surface area contributed by atoms with Crippen LogP contribution in [0, 0.1) is 10.1 Å². The molecule has 1 heterocycles. The number of nitro benzene ring substituents is 1. The van der Waals surface area contributed by atoms with Crippen molar-refractivity contribution >= 4 is 39.9 Å². The fraction of sp³-hybridized carbons (Fsp3) is 0.125. The molecule has 0 unspecified atom stereocenters. The van der Waals surface area contributed by atoms with Crippen molar-refractivity contribution in [1.29, 1.82) is 0 Å². The van der Waals surface area contributed by atoms with Gasteiger partial charge in [-0.05, 0) is 29.8 Å². The molecule has 0 saturated heterocycles. The van der Waals surface area contributed by atoms with Gasteiger partial charge in [0, 0.05) is 11.1 Å². The van der Waals surface area contributed by atoms with Crippen LogP contribution in [0.15, 0.2) is 76.3 Å². The summed E-state index contributed by atoms with van der Waals surface area (Å²) in [5, 5.41) is 13.9. The quantitative estimate of drug-likeness (QED) is 0.238. The predicted octanol–water partition coefficient (Wildman–Crippen LogP) is 3.42. The van der Waals surface area contributed by atoms with Crippen LogP contribution in [0.4, 0.5) is 11.4 Å². The number of rotatable bonds is 7. The first-order valence-electron chi connectivity index (χ1n) is 10.4. The summed E-state index contributed by atoms with van der Waals surface area (Å²) in [4.78, 5) is 49.3. The molecule has 1 aromatic heterocycles. The monoisotopic (exact) mass is 494 g/mol. The number of nitrogens with one attached hydrogen (secondary N) is 1. The summed E-state index contributed by atoms with van der Waals surface area (Å²) in [5.41, 5.74) is -0.140. The van der Waals surface area contributed by atoms with E-state index in [-0.39, 0.29) is 23.7 Å². The Balaban J connectivity index is 1.73. The number of benzene rings is 3. The average Bonchev–Trinajstić information content (AvgIpc) is 2.85. The summed E-state index contributed by atoms with van der Waals surface area (Å²) in [6, 6.07) is 17.6. The summed E-state index contributed by atoms with van der Waals surface area (Å²) < 4.78 is 7.53. The van der Waals surface area contributed by atoms with E-state index in [0.29, 0.717) is 16.1 Å². The van der Waals surface area contributed by atoms with Crippen molar-refractivity contribution in [1.82, 2.24) is 9.13 Å². The average molecular weight is 495 g/mol. The topological polar surface area (TPSA) is 125 Å². The third kappa shape index (κ3) is 4.92. The molecule has 0 saturated carbocycles. The Morgan fingerprint density at radius 3 is 2.40 bits per heavy atom. The molecule has 0 spiro atoms. The second-order valence-electron chi connectivity index (χ2n) is 7.59. The molecule has 178 valence electrons. The number of methoxy groups -OCH3 is 1. The fourth-order valence-electron chi connectivity index (χ4n) is 3.70. The standard InChI is InChI=1S/C24H19ClN4O6/c1-35-21-12-17(29(33)34)8-9-18(21)26-22(30)14-28-20-11-16(25)7-10-19(20)27(23(31)24(28)32)13-15-5-3-2-4-6-15/h2-12H,13-14H2,1H3,(H,26,30). The van der Waals surface area contributed by atoms with Gasteiger partial charge in [0.2, 0.25) is 5.91 Å². The van der Waals surface area contributed by atoms with Crippen LogP contribution in [-0.2, 0) is 17.9 Å². The maximum Gasteiger partial charge on any atom is 0.317 e. The van der Waals surface area contributed by atoms with Crippen LogP contribution in [0.5, 0.6) is 5.75 Å². The Morgan fingerprint density at radius 2 is 1.71 bits per heavy atom. The SMILES string of the molecule is COc1cc([N+](=O)[O-])ccc1NC(=O)Cn1c(=O)c(=O)n(Cc2ccccc2)c2ccc(Cl)cc21. The Morgan fingerprint density at radius 1 is 1.00 bits per heavy atom. The highest BCUT2D eigenvalue weighted by Crippen LogP contribution is 2.29. The minimum atomic E-state index is -0.887. The number of aromatic nitrogens is 2. The van der Waals surface area contributed by atoms with Gasteiger partial charge in [0.1, 0.15) is 12.3 Å². The number of amides is 1. The molecule has 35 heavy (non-hydrogen) atoms.